The molecule has 1 saturated heterocycles. The molecule has 2 aromatic carbocycles. The Kier molecular flexibility index (Phi) is 10.1. The van der Waals surface area contributed by atoms with E-state index < -0.39 is 6.61 Å². The number of benzene rings is 2. The van der Waals surface area contributed by atoms with Gasteiger partial charge in [-0.3, -0.25) is 0 Å². The van der Waals surface area contributed by atoms with Crippen molar-refractivity contribution in [2.24, 2.45) is 4.99 Å². The van der Waals surface area contributed by atoms with E-state index in [2.05, 4.69) is 20.4 Å². The summed E-state index contributed by atoms with van der Waals surface area (Å²) in [6, 6.07) is 12.2. The molecule has 0 saturated carbocycles. The molecule has 7 nitrogen and oxygen atoms in total. The molecule has 0 aliphatic carbocycles. The van der Waals surface area contributed by atoms with Crippen molar-refractivity contribution in [1.29, 1.82) is 0 Å². The second-order valence-electron chi connectivity index (χ2n) is 7.09. The summed E-state index contributed by atoms with van der Waals surface area (Å²) in [4.78, 5) is 6.60. The molecule has 0 radical (unpaired) electrons. The summed E-state index contributed by atoms with van der Waals surface area (Å²) >= 11 is 0. The van der Waals surface area contributed by atoms with Crippen molar-refractivity contribution in [1.82, 2.24) is 10.6 Å². The van der Waals surface area contributed by atoms with E-state index in [9.17, 15) is 13.9 Å². The zero-order valence-corrected chi connectivity index (χ0v) is 20.4. The maximum Gasteiger partial charge on any atom is 0.387 e. The topological polar surface area (TPSA) is 78.4 Å². The quantitative estimate of drug-likeness (QED) is 0.257. The summed E-state index contributed by atoms with van der Waals surface area (Å²) in [7, 11) is 1.50. The van der Waals surface area contributed by atoms with Crippen molar-refractivity contribution in [3.05, 3.63) is 48.0 Å². The number of aromatic hydroxyl groups is 1. The van der Waals surface area contributed by atoms with Gasteiger partial charge in [0.2, 0.25) is 0 Å². The Morgan fingerprint density at radius 2 is 1.97 bits per heavy atom. The second-order valence-corrected chi connectivity index (χ2v) is 7.09. The summed E-state index contributed by atoms with van der Waals surface area (Å²) in [5, 5.41) is 16.9. The van der Waals surface area contributed by atoms with E-state index >= 15 is 0 Å². The van der Waals surface area contributed by atoms with Crippen LogP contribution in [0.15, 0.2) is 47.5 Å². The lowest BCUT2D eigenvalue weighted by Crippen LogP contribution is -2.44. The molecule has 1 aliphatic rings. The molecule has 176 valence electrons. The number of nitrogens with one attached hydrogen (secondary N) is 2. The van der Waals surface area contributed by atoms with Crippen LogP contribution in [-0.2, 0) is 6.54 Å². The molecular formula is C22H29F2IN4O3. The highest BCUT2D eigenvalue weighted by Gasteiger charge is 2.26. The summed E-state index contributed by atoms with van der Waals surface area (Å²) in [5.41, 5.74) is 1.30. The number of phenolic OH excluding ortho intramolecular Hbond substituents is 1. The van der Waals surface area contributed by atoms with E-state index in [4.69, 9.17) is 4.74 Å². The van der Waals surface area contributed by atoms with Crippen LogP contribution in [0.2, 0.25) is 0 Å². The third-order valence-electron chi connectivity index (χ3n) is 5.01. The lowest BCUT2D eigenvalue weighted by Gasteiger charge is -2.22. The van der Waals surface area contributed by atoms with Crippen molar-refractivity contribution in [3.63, 3.8) is 0 Å². The second kappa shape index (κ2) is 12.5. The summed E-state index contributed by atoms with van der Waals surface area (Å²) in [6.45, 7) is 1.39. The van der Waals surface area contributed by atoms with Gasteiger partial charge in [0.15, 0.2) is 17.5 Å². The van der Waals surface area contributed by atoms with Gasteiger partial charge in [-0.05, 0) is 31.5 Å². The van der Waals surface area contributed by atoms with E-state index in [0.29, 0.717) is 42.6 Å². The van der Waals surface area contributed by atoms with Gasteiger partial charge in [0.1, 0.15) is 5.75 Å². The molecule has 32 heavy (non-hydrogen) atoms. The van der Waals surface area contributed by atoms with Gasteiger partial charge in [0, 0.05) is 31.2 Å². The summed E-state index contributed by atoms with van der Waals surface area (Å²) < 4.78 is 35.2. The normalized spacial score (nSPS) is 16.0. The van der Waals surface area contributed by atoms with Gasteiger partial charge in [0.05, 0.1) is 19.3 Å². The lowest BCUT2D eigenvalue weighted by molar-refractivity contribution is -0.0495. The number of guanidine groups is 1. The average Bonchev–Trinajstić information content (AvgIpc) is 3.21. The average molecular weight is 562 g/mol. The van der Waals surface area contributed by atoms with Gasteiger partial charge in [0.25, 0.3) is 0 Å². The summed E-state index contributed by atoms with van der Waals surface area (Å²) in [5.74, 6) is 1.27. The Balaban J connectivity index is 0.00000363. The highest BCUT2D eigenvalue weighted by Crippen LogP contribution is 2.32. The van der Waals surface area contributed by atoms with E-state index in [-0.39, 0.29) is 48.1 Å². The van der Waals surface area contributed by atoms with Crippen LogP contribution >= 0.6 is 24.0 Å². The van der Waals surface area contributed by atoms with Crippen molar-refractivity contribution in [2.75, 3.05) is 31.6 Å². The number of hydrogen-bond acceptors (Lipinski definition) is 5. The third kappa shape index (κ3) is 6.75. The highest BCUT2D eigenvalue weighted by atomic mass is 127. The van der Waals surface area contributed by atoms with Crippen LogP contribution in [0.3, 0.4) is 0 Å². The molecule has 0 amide bonds. The molecule has 1 fully saturated rings. The number of alkyl halides is 2. The van der Waals surface area contributed by atoms with Crippen LogP contribution in [-0.4, -0.2) is 50.5 Å². The van der Waals surface area contributed by atoms with Gasteiger partial charge in [-0.2, -0.15) is 8.78 Å². The monoisotopic (exact) mass is 562 g/mol. The fourth-order valence-electron chi connectivity index (χ4n) is 3.55. The zero-order valence-electron chi connectivity index (χ0n) is 18.1. The minimum Gasteiger partial charge on any atom is -0.504 e. The molecule has 1 aliphatic heterocycles. The van der Waals surface area contributed by atoms with Crippen molar-refractivity contribution < 1.29 is 23.4 Å². The van der Waals surface area contributed by atoms with E-state index in [0.717, 1.165) is 6.42 Å². The number of methoxy groups -OCH3 is 1. The van der Waals surface area contributed by atoms with Crippen molar-refractivity contribution in [2.45, 2.75) is 32.5 Å². The van der Waals surface area contributed by atoms with E-state index in [1.165, 1.54) is 7.11 Å². The molecule has 3 N–H and O–H groups in total. The highest BCUT2D eigenvalue weighted by molar-refractivity contribution is 14.0. The van der Waals surface area contributed by atoms with Crippen LogP contribution in [0.4, 0.5) is 14.5 Å². The Labute approximate surface area is 203 Å². The fourth-order valence-corrected chi connectivity index (χ4v) is 3.55. The molecule has 10 heteroatoms. The van der Waals surface area contributed by atoms with Crippen LogP contribution in [0.5, 0.6) is 17.2 Å². The fraction of sp³-hybridized carbons (Fsp3) is 0.409. The van der Waals surface area contributed by atoms with Crippen LogP contribution < -0.4 is 25.0 Å². The first kappa shape index (κ1) is 25.8. The number of nitrogens with zero attached hydrogens (tertiary/aromatic N) is 2. The van der Waals surface area contributed by atoms with Gasteiger partial charge in [-0.1, -0.05) is 24.3 Å². The number of phenols is 1. The predicted molar refractivity (Wildman–Crippen MR) is 132 cm³/mol. The van der Waals surface area contributed by atoms with Gasteiger partial charge < -0.3 is 30.1 Å². The molecule has 0 bridgehead atoms. The third-order valence-corrected chi connectivity index (χ3v) is 5.01. The molecule has 2 aromatic rings. The van der Waals surface area contributed by atoms with Gasteiger partial charge >= 0.3 is 6.61 Å². The molecule has 0 spiro atoms. The molecule has 1 heterocycles. The van der Waals surface area contributed by atoms with E-state index in [1.807, 2.05) is 11.8 Å². The largest absolute Gasteiger partial charge is 0.504 e. The maximum absolute atomic E-state index is 12.7. The summed E-state index contributed by atoms with van der Waals surface area (Å²) in [6.07, 6.45) is 0.817. The Morgan fingerprint density at radius 1 is 1.22 bits per heavy atom. The Morgan fingerprint density at radius 3 is 2.69 bits per heavy atom. The SMILES string of the molecule is CCNC(=NCc1cccc(OC)c1O)NC1CCN(c2ccccc2OC(F)F)C1.I. The molecular weight excluding hydrogens is 533 g/mol. The van der Waals surface area contributed by atoms with Gasteiger partial charge in [-0.15, -0.1) is 24.0 Å². The number of halogens is 3. The van der Waals surface area contributed by atoms with Crippen molar-refractivity contribution >= 4 is 35.6 Å². The molecule has 1 unspecified atom stereocenters. The maximum atomic E-state index is 12.7. The van der Waals surface area contributed by atoms with Crippen molar-refractivity contribution in [3.8, 4) is 17.2 Å². The van der Waals surface area contributed by atoms with E-state index in [1.54, 1.807) is 42.5 Å². The van der Waals surface area contributed by atoms with Gasteiger partial charge in [-0.25, -0.2) is 4.99 Å². The standard InChI is InChI=1S/C22H28F2N4O3.HI/c1-3-25-22(26-13-15-7-6-10-19(30-2)20(15)29)27-16-11-12-28(14-16)17-8-4-5-9-18(17)31-21(23)24;/h4-10,16,21,29H,3,11-14H2,1-2H3,(H2,25,26,27);1H. The zero-order chi connectivity index (χ0) is 22.2. The Bertz CT molecular complexity index is 901. The molecule has 3 rings (SSSR count). The van der Waals surface area contributed by atoms with Crippen LogP contribution in [0.25, 0.3) is 0 Å². The van der Waals surface area contributed by atoms with Crippen LogP contribution in [0, 0.1) is 0 Å². The first-order chi connectivity index (χ1) is 15.0. The predicted octanol–water partition coefficient (Wildman–Crippen LogP) is 3.95. The Hall–Kier alpha value is -2.50. The number of rotatable bonds is 8. The number of para-hydroxylation sites is 3. The first-order valence-corrected chi connectivity index (χ1v) is 10.2. The first-order valence-electron chi connectivity index (χ1n) is 10.2. The molecule has 1 atom stereocenters. The smallest absolute Gasteiger partial charge is 0.387 e. The number of hydrogen-bond donors (Lipinski definition) is 3. The molecule has 0 aromatic heterocycles. The minimum atomic E-state index is -2.86. The van der Waals surface area contributed by atoms with Crippen LogP contribution in [0.1, 0.15) is 18.9 Å². The number of ether oxygens (including phenoxy) is 2. The number of aliphatic imine (C=N–C) groups is 1. The number of anilines is 1. The lowest BCUT2D eigenvalue weighted by atomic mass is 10.2. The minimum absolute atomic E-state index is 0.